The lowest BCUT2D eigenvalue weighted by Gasteiger charge is -2.38. The van der Waals surface area contributed by atoms with Gasteiger partial charge in [0.1, 0.15) is 6.33 Å². The lowest BCUT2D eigenvalue weighted by atomic mass is 9.74. The minimum Gasteiger partial charge on any atom is -0.381 e. The number of tetrazole rings is 1. The van der Waals surface area contributed by atoms with Crippen molar-refractivity contribution in [2.24, 2.45) is 0 Å². The monoisotopic (exact) mass is 441 g/mol. The Morgan fingerprint density at radius 3 is 2.64 bits per heavy atom. The van der Waals surface area contributed by atoms with Crippen molar-refractivity contribution in [2.75, 3.05) is 19.8 Å². The Morgan fingerprint density at radius 2 is 1.96 bits per heavy atom. The Balaban J connectivity index is 1.48. The van der Waals surface area contributed by atoms with Crippen LogP contribution in [-0.2, 0) is 10.2 Å². The zero-order valence-electron chi connectivity index (χ0n) is 15.2. The predicted molar refractivity (Wildman–Crippen MR) is 107 cm³/mol. The molecule has 4 rings (SSSR count). The summed E-state index contributed by atoms with van der Waals surface area (Å²) in [6.07, 6.45) is 3.27. The third-order valence-corrected chi connectivity index (χ3v) is 5.71. The molecule has 0 atom stereocenters. The summed E-state index contributed by atoms with van der Waals surface area (Å²) in [4.78, 5) is 12.7. The first-order chi connectivity index (χ1) is 13.7. The van der Waals surface area contributed by atoms with E-state index in [1.165, 1.54) is 11.9 Å². The van der Waals surface area contributed by atoms with E-state index in [4.69, 9.17) is 4.74 Å². The number of benzene rings is 2. The van der Waals surface area contributed by atoms with Crippen molar-refractivity contribution >= 4 is 21.8 Å². The third-order valence-electron chi connectivity index (χ3n) is 5.22. The fourth-order valence-electron chi connectivity index (χ4n) is 3.54. The molecule has 3 aromatic rings. The average molecular weight is 442 g/mol. The van der Waals surface area contributed by atoms with Crippen LogP contribution in [0.4, 0.5) is 0 Å². The molecule has 0 unspecified atom stereocenters. The zero-order chi connectivity index (χ0) is 19.4. The van der Waals surface area contributed by atoms with E-state index in [0.29, 0.717) is 25.3 Å². The fourth-order valence-corrected chi connectivity index (χ4v) is 3.94. The highest BCUT2D eigenvalue weighted by atomic mass is 79.9. The standard InChI is InChI=1S/C20H20BrN5O2/c21-17-3-1-2-16(12-17)20(8-10-28-11-9-20)13-22-19(27)15-4-6-18(7-5-15)26-14-23-24-25-26/h1-7,12,14H,8-11,13H2,(H,22,27). The molecule has 8 heteroatoms. The molecule has 0 bridgehead atoms. The second-order valence-corrected chi connectivity index (χ2v) is 7.80. The molecular weight excluding hydrogens is 422 g/mol. The first kappa shape index (κ1) is 18.8. The van der Waals surface area contributed by atoms with Crippen LogP contribution < -0.4 is 5.32 Å². The van der Waals surface area contributed by atoms with Gasteiger partial charge in [-0.25, -0.2) is 4.68 Å². The van der Waals surface area contributed by atoms with Gasteiger partial charge in [0.15, 0.2) is 0 Å². The molecule has 2 aromatic carbocycles. The highest BCUT2D eigenvalue weighted by molar-refractivity contribution is 9.10. The van der Waals surface area contributed by atoms with Crippen molar-refractivity contribution in [2.45, 2.75) is 18.3 Å². The van der Waals surface area contributed by atoms with Gasteiger partial charge in [-0.05, 0) is 65.2 Å². The van der Waals surface area contributed by atoms with Crippen molar-refractivity contribution in [3.05, 3.63) is 70.5 Å². The van der Waals surface area contributed by atoms with Gasteiger partial charge in [0.25, 0.3) is 5.91 Å². The van der Waals surface area contributed by atoms with Crippen molar-refractivity contribution in [1.82, 2.24) is 25.5 Å². The molecule has 0 aliphatic carbocycles. The number of carbonyl (C=O) groups is 1. The lowest BCUT2D eigenvalue weighted by molar-refractivity contribution is 0.0487. The molecule has 144 valence electrons. The number of carbonyl (C=O) groups excluding carboxylic acids is 1. The van der Waals surface area contributed by atoms with Crippen LogP contribution in [0.15, 0.2) is 59.3 Å². The highest BCUT2D eigenvalue weighted by Gasteiger charge is 2.35. The molecule has 28 heavy (non-hydrogen) atoms. The van der Waals surface area contributed by atoms with Crippen molar-refractivity contribution < 1.29 is 9.53 Å². The highest BCUT2D eigenvalue weighted by Crippen LogP contribution is 2.35. The summed E-state index contributed by atoms with van der Waals surface area (Å²) in [7, 11) is 0. The number of nitrogens with one attached hydrogen (secondary N) is 1. The zero-order valence-corrected chi connectivity index (χ0v) is 16.8. The van der Waals surface area contributed by atoms with E-state index in [0.717, 1.165) is 23.0 Å². The summed E-state index contributed by atoms with van der Waals surface area (Å²) in [5.41, 5.74) is 2.51. The molecular formula is C20H20BrN5O2. The van der Waals surface area contributed by atoms with E-state index in [2.05, 4.69) is 48.9 Å². The number of hydrogen-bond donors (Lipinski definition) is 1. The number of halogens is 1. The third kappa shape index (κ3) is 3.98. The first-order valence-corrected chi connectivity index (χ1v) is 9.91. The normalized spacial score (nSPS) is 15.9. The smallest absolute Gasteiger partial charge is 0.251 e. The molecule has 2 heterocycles. The van der Waals surface area contributed by atoms with Crippen molar-refractivity contribution in [1.29, 1.82) is 0 Å². The maximum atomic E-state index is 12.7. The number of nitrogens with zero attached hydrogens (tertiary/aromatic N) is 4. The lowest BCUT2D eigenvalue weighted by Crippen LogP contribution is -2.44. The molecule has 7 nitrogen and oxygen atoms in total. The Bertz CT molecular complexity index is 937. The Labute approximate surface area is 171 Å². The van der Waals surface area contributed by atoms with E-state index in [-0.39, 0.29) is 11.3 Å². The number of rotatable bonds is 5. The van der Waals surface area contributed by atoms with Gasteiger partial charge in [-0.2, -0.15) is 0 Å². The minimum absolute atomic E-state index is 0.0934. The Hall–Kier alpha value is -2.58. The second-order valence-electron chi connectivity index (χ2n) is 6.89. The minimum atomic E-state index is -0.121. The summed E-state index contributed by atoms with van der Waals surface area (Å²) >= 11 is 3.56. The summed E-state index contributed by atoms with van der Waals surface area (Å²) in [6.45, 7) is 1.96. The van der Waals surface area contributed by atoms with Crippen LogP contribution in [0.25, 0.3) is 5.69 Å². The summed E-state index contributed by atoms with van der Waals surface area (Å²) < 4.78 is 8.16. The molecule has 1 amide bonds. The summed E-state index contributed by atoms with van der Waals surface area (Å²) in [5, 5.41) is 14.2. The van der Waals surface area contributed by atoms with E-state index in [1.807, 2.05) is 24.3 Å². The van der Waals surface area contributed by atoms with E-state index < -0.39 is 0 Å². The number of aromatic nitrogens is 4. The largest absolute Gasteiger partial charge is 0.381 e. The molecule has 0 saturated carbocycles. The van der Waals surface area contributed by atoms with Crippen LogP contribution in [0.5, 0.6) is 0 Å². The maximum absolute atomic E-state index is 12.7. The SMILES string of the molecule is O=C(NCC1(c2cccc(Br)c2)CCOCC1)c1ccc(-n2cnnn2)cc1. The molecule has 1 aromatic heterocycles. The van der Waals surface area contributed by atoms with Gasteiger partial charge in [0, 0.05) is 35.2 Å². The van der Waals surface area contributed by atoms with Crippen LogP contribution in [0.1, 0.15) is 28.8 Å². The van der Waals surface area contributed by atoms with Crippen LogP contribution in [0.2, 0.25) is 0 Å². The van der Waals surface area contributed by atoms with Gasteiger partial charge in [-0.15, -0.1) is 5.10 Å². The molecule has 1 aliphatic rings. The van der Waals surface area contributed by atoms with Crippen LogP contribution in [0, 0.1) is 0 Å². The molecule has 1 fully saturated rings. The molecule has 1 saturated heterocycles. The quantitative estimate of drug-likeness (QED) is 0.657. The van der Waals surface area contributed by atoms with Gasteiger partial charge in [0.2, 0.25) is 0 Å². The fraction of sp³-hybridized carbons (Fsp3) is 0.300. The van der Waals surface area contributed by atoms with Crippen LogP contribution in [0.3, 0.4) is 0 Å². The van der Waals surface area contributed by atoms with Crippen molar-refractivity contribution in [3.63, 3.8) is 0 Å². The second kappa shape index (κ2) is 8.20. The van der Waals surface area contributed by atoms with E-state index in [1.54, 1.807) is 16.8 Å². The Morgan fingerprint density at radius 1 is 1.18 bits per heavy atom. The molecule has 0 radical (unpaired) electrons. The molecule has 1 N–H and O–H groups in total. The first-order valence-electron chi connectivity index (χ1n) is 9.12. The maximum Gasteiger partial charge on any atom is 0.251 e. The van der Waals surface area contributed by atoms with Gasteiger partial charge >= 0.3 is 0 Å². The van der Waals surface area contributed by atoms with Crippen LogP contribution >= 0.6 is 15.9 Å². The average Bonchev–Trinajstić information content (AvgIpc) is 3.28. The van der Waals surface area contributed by atoms with Gasteiger partial charge in [0.05, 0.1) is 5.69 Å². The van der Waals surface area contributed by atoms with Crippen LogP contribution in [-0.4, -0.2) is 45.9 Å². The summed E-state index contributed by atoms with van der Waals surface area (Å²) in [6, 6.07) is 15.5. The molecule has 0 spiro atoms. The van der Waals surface area contributed by atoms with E-state index >= 15 is 0 Å². The number of amides is 1. The van der Waals surface area contributed by atoms with Gasteiger partial charge in [-0.3, -0.25) is 4.79 Å². The Kier molecular flexibility index (Phi) is 5.50. The van der Waals surface area contributed by atoms with Gasteiger partial charge < -0.3 is 10.1 Å². The van der Waals surface area contributed by atoms with Gasteiger partial charge in [-0.1, -0.05) is 28.1 Å². The van der Waals surface area contributed by atoms with E-state index in [9.17, 15) is 4.79 Å². The number of ether oxygens (including phenoxy) is 1. The number of hydrogen-bond acceptors (Lipinski definition) is 5. The molecule has 1 aliphatic heterocycles. The summed E-state index contributed by atoms with van der Waals surface area (Å²) in [5.74, 6) is -0.0934. The predicted octanol–water partition coefficient (Wildman–Crippen LogP) is 2.90. The topological polar surface area (TPSA) is 81.9 Å². The van der Waals surface area contributed by atoms with Crippen molar-refractivity contribution in [3.8, 4) is 5.69 Å².